The number of unbranched alkanes of at least 4 members (excludes halogenated alkanes) is 2. The van der Waals surface area contributed by atoms with Gasteiger partial charge in [-0.1, -0.05) is 13.2 Å². The lowest BCUT2D eigenvalue weighted by molar-refractivity contribution is -0.142. The molecule has 2 atom stereocenters. The van der Waals surface area contributed by atoms with E-state index in [-0.39, 0.29) is 37.6 Å². The minimum absolute atomic E-state index is 0.0113. The van der Waals surface area contributed by atoms with E-state index < -0.39 is 59.3 Å². The largest absolute Gasteiger partial charge is 0.494 e. The number of hydrogen-bond donors (Lipinski definition) is 2. The Morgan fingerprint density at radius 1 is 0.586 bits per heavy atom. The molecular formula is C41H45F3O14. The topological polar surface area (TPSA) is 183 Å². The van der Waals surface area contributed by atoms with Crippen molar-refractivity contribution in [2.75, 3.05) is 52.9 Å². The van der Waals surface area contributed by atoms with Gasteiger partial charge in [-0.05, 0) is 92.4 Å². The standard InChI is InChI=1S/C41H45F3O14/c1-3-37(47)55-26-30(45)24-51-19-5-7-21-53-32-13-9-28(10-14-32)39(49)57-34-17-18-36(35(23-34)41(42,43)44)58-40(50)29-11-15-33(16-12-29)54-22-8-6-20-52-25-31(46)27-56-38(48)4-2/h3-4,9-18,23,30-31,45-46H,1-2,5-8,19-22,24-27H2. The average molecular weight is 819 g/mol. The van der Waals surface area contributed by atoms with Crippen LogP contribution >= 0.6 is 0 Å². The van der Waals surface area contributed by atoms with E-state index in [1.54, 1.807) is 0 Å². The number of alkyl halides is 3. The smallest absolute Gasteiger partial charge is 0.420 e. The van der Waals surface area contributed by atoms with Crippen LogP contribution in [0.1, 0.15) is 52.0 Å². The molecule has 0 aliphatic rings. The maximum absolute atomic E-state index is 14.0. The first-order valence-electron chi connectivity index (χ1n) is 18.0. The van der Waals surface area contributed by atoms with Crippen molar-refractivity contribution < 1.29 is 80.5 Å². The van der Waals surface area contributed by atoms with Crippen molar-refractivity contribution in [3.8, 4) is 23.0 Å². The Hall–Kier alpha value is -5.75. The number of benzene rings is 3. The molecule has 0 fully saturated rings. The lowest BCUT2D eigenvalue weighted by Gasteiger charge is -2.15. The van der Waals surface area contributed by atoms with Gasteiger partial charge in [-0.2, -0.15) is 13.2 Å². The third-order valence-corrected chi connectivity index (χ3v) is 7.54. The minimum Gasteiger partial charge on any atom is -0.494 e. The molecule has 0 spiro atoms. The third-order valence-electron chi connectivity index (χ3n) is 7.54. The molecule has 0 aliphatic heterocycles. The second kappa shape index (κ2) is 24.8. The van der Waals surface area contributed by atoms with Crippen LogP contribution in [0.2, 0.25) is 0 Å². The highest BCUT2D eigenvalue weighted by Crippen LogP contribution is 2.39. The molecule has 314 valence electrons. The summed E-state index contributed by atoms with van der Waals surface area (Å²) >= 11 is 0. The zero-order valence-electron chi connectivity index (χ0n) is 31.5. The van der Waals surface area contributed by atoms with Gasteiger partial charge >= 0.3 is 30.1 Å². The molecule has 0 saturated heterocycles. The highest BCUT2D eigenvalue weighted by atomic mass is 19.4. The molecule has 0 amide bonds. The van der Waals surface area contributed by atoms with Crippen LogP contribution in [-0.4, -0.2) is 99.2 Å². The number of rotatable bonds is 26. The van der Waals surface area contributed by atoms with E-state index in [1.165, 1.54) is 48.5 Å². The molecule has 0 bridgehead atoms. The zero-order chi connectivity index (χ0) is 42.3. The normalized spacial score (nSPS) is 12.1. The summed E-state index contributed by atoms with van der Waals surface area (Å²) in [5.41, 5.74) is -1.33. The van der Waals surface area contributed by atoms with Crippen molar-refractivity contribution in [1.29, 1.82) is 0 Å². The van der Waals surface area contributed by atoms with Crippen LogP contribution in [0.3, 0.4) is 0 Å². The number of esters is 4. The number of hydrogen-bond acceptors (Lipinski definition) is 14. The third kappa shape index (κ3) is 17.6. The molecule has 0 saturated carbocycles. The molecule has 17 heteroatoms. The van der Waals surface area contributed by atoms with Crippen LogP contribution in [0.4, 0.5) is 13.2 Å². The number of ether oxygens (including phenoxy) is 8. The van der Waals surface area contributed by atoms with E-state index in [4.69, 9.17) is 37.9 Å². The summed E-state index contributed by atoms with van der Waals surface area (Å²) in [5, 5.41) is 19.4. The molecule has 0 aliphatic carbocycles. The first-order chi connectivity index (χ1) is 27.8. The van der Waals surface area contributed by atoms with Gasteiger partial charge in [0.1, 0.15) is 54.0 Å². The molecule has 2 N–H and O–H groups in total. The Balaban J connectivity index is 1.41. The molecule has 3 rings (SSSR count). The Morgan fingerprint density at radius 3 is 1.43 bits per heavy atom. The SMILES string of the molecule is C=CC(=O)OCC(O)COCCCCOc1ccc(C(=O)Oc2ccc(OC(=O)c3ccc(OCCCCOCC(O)COC(=O)C=C)cc3)c(C(F)(F)F)c2)cc1. The summed E-state index contributed by atoms with van der Waals surface area (Å²) in [6.45, 7) is 7.34. The van der Waals surface area contributed by atoms with E-state index in [9.17, 15) is 42.6 Å². The average Bonchev–Trinajstić information content (AvgIpc) is 3.21. The summed E-state index contributed by atoms with van der Waals surface area (Å²) < 4.78 is 83.6. The fourth-order valence-electron chi connectivity index (χ4n) is 4.58. The van der Waals surface area contributed by atoms with E-state index in [1.807, 2.05) is 0 Å². The first-order valence-corrected chi connectivity index (χ1v) is 18.0. The summed E-state index contributed by atoms with van der Waals surface area (Å²) in [6.07, 6.45) is -2.51. The first kappa shape index (κ1) is 46.6. The van der Waals surface area contributed by atoms with Crippen molar-refractivity contribution in [2.45, 2.75) is 44.1 Å². The zero-order valence-corrected chi connectivity index (χ0v) is 31.5. The molecule has 58 heavy (non-hydrogen) atoms. The Labute approximate surface area is 332 Å². The maximum atomic E-state index is 14.0. The van der Waals surface area contributed by atoms with Crippen molar-refractivity contribution >= 4 is 23.9 Å². The van der Waals surface area contributed by atoms with E-state index >= 15 is 0 Å². The number of aliphatic hydroxyl groups is 2. The molecule has 2 unspecified atom stereocenters. The predicted octanol–water partition coefficient (Wildman–Crippen LogP) is 5.68. The molecule has 0 radical (unpaired) electrons. The fourth-order valence-corrected chi connectivity index (χ4v) is 4.58. The van der Waals surface area contributed by atoms with Crippen LogP contribution in [0, 0.1) is 0 Å². The van der Waals surface area contributed by atoms with Gasteiger partial charge in [-0.25, -0.2) is 19.2 Å². The van der Waals surface area contributed by atoms with Gasteiger partial charge < -0.3 is 48.1 Å². The molecular weight excluding hydrogens is 773 g/mol. The second-order valence-corrected chi connectivity index (χ2v) is 12.2. The highest BCUT2D eigenvalue weighted by Gasteiger charge is 2.36. The number of carbonyl (C=O) groups excluding carboxylic acids is 4. The molecule has 0 heterocycles. The lowest BCUT2D eigenvalue weighted by atomic mass is 10.1. The van der Waals surface area contributed by atoms with Crippen LogP contribution in [0.25, 0.3) is 0 Å². The van der Waals surface area contributed by atoms with E-state index in [0.29, 0.717) is 69.7 Å². The molecule has 3 aromatic carbocycles. The van der Waals surface area contributed by atoms with Gasteiger partial charge in [0, 0.05) is 25.4 Å². The van der Waals surface area contributed by atoms with Crippen LogP contribution < -0.4 is 18.9 Å². The van der Waals surface area contributed by atoms with Crippen molar-refractivity contribution in [3.63, 3.8) is 0 Å². The van der Waals surface area contributed by atoms with Gasteiger partial charge in [0.15, 0.2) is 0 Å². The highest BCUT2D eigenvalue weighted by molar-refractivity contribution is 5.92. The molecule has 0 aromatic heterocycles. The number of aliphatic hydroxyl groups excluding tert-OH is 2. The fraction of sp³-hybridized carbons (Fsp3) is 0.366. The number of carbonyl (C=O) groups is 4. The summed E-state index contributed by atoms with van der Waals surface area (Å²) in [7, 11) is 0. The van der Waals surface area contributed by atoms with Gasteiger partial charge in [0.05, 0.1) is 37.6 Å². The second-order valence-electron chi connectivity index (χ2n) is 12.2. The minimum atomic E-state index is -4.96. The summed E-state index contributed by atoms with van der Waals surface area (Å²) in [4.78, 5) is 47.5. The Kier molecular flexibility index (Phi) is 19.9. The predicted molar refractivity (Wildman–Crippen MR) is 200 cm³/mol. The van der Waals surface area contributed by atoms with Gasteiger partial charge in [-0.3, -0.25) is 0 Å². The van der Waals surface area contributed by atoms with Crippen molar-refractivity contribution in [3.05, 3.63) is 109 Å². The van der Waals surface area contributed by atoms with E-state index in [2.05, 4.69) is 13.2 Å². The summed E-state index contributed by atoms with van der Waals surface area (Å²) in [6, 6.07) is 13.9. The van der Waals surface area contributed by atoms with Gasteiger partial charge in [-0.15, -0.1) is 0 Å². The quantitative estimate of drug-likeness (QED) is 0.0437. The van der Waals surface area contributed by atoms with Gasteiger partial charge in [0.2, 0.25) is 0 Å². The Morgan fingerprint density at radius 2 is 1.00 bits per heavy atom. The Bertz CT molecular complexity index is 1780. The van der Waals surface area contributed by atoms with Crippen molar-refractivity contribution in [2.24, 2.45) is 0 Å². The lowest BCUT2D eigenvalue weighted by Crippen LogP contribution is -2.23. The van der Waals surface area contributed by atoms with Crippen LogP contribution in [-0.2, 0) is 34.7 Å². The monoisotopic (exact) mass is 818 g/mol. The van der Waals surface area contributed by atoms with Crippen molar-refractivity contribution in [1.82, 2.24) is 0 Å². The van der Waals surface area contributed by atoms with Crippen LogP contribution in [0.5, 0.6) is 23.0 Å². The number of halogens is 3. The van der Waals surface area contributed by atoms with E-state index in [0.717, 1.165) is 24.3 Å². The van der Waals surface area contributed by atoms with Crippen LogP contribution in [0.15, 0.2) is 92.0 Å². The molecule has 3 aromatic rings. The summed E-state index contributed by atoms with van der Waals surface area (Å²) in [5.74, 6) is -3.65. The van der Waals surface area contributed by atoms with Gasteiger partial charge in [0.25, 0.3) is 0 Å². The maximum Gasteiger partial charge on any atom is 0.420 e. The molecule has 14 nitrogen and oxygen atoms in total.